The van der Waals surface area contributed by atoms with Crippen molar-refractivity contribution in [1.29, 1.82) is 0 Å². The Bertz CT molecular complexity index is 711. The fraction of sp³-hybridized carbons (Fsp3) is 0.278. The van der Waals surface area contributed by atoms with Crippen molar-refractivity contribution in [2.75, 3.05) is 11.4 Å². The Morgan fingerprint density at radius 1 is 1.17 bits per heavy atom. The van der Waals surface area contributed by atoms with Crippen molar-refractivity contribution in [3.8, 4) is 0 Å². The average molecular weight is 309 g/mol. The van der Waals surface area contributed by atoms with Crippen molar-refractivity contribution in [2.45, 2.75) is 25.8 Å². The lowest BCUT2D eigenvalue weighted by molar-refractivity contribution is 0.0950. The quantitative estimate of drug-likeness (QED) is 0.923. The number of pyridine rings is 1. The van der Waals surface area contributed by atoms with Gasteiger partial charge in [-0.3, -0.25) is 14.6 Å². The summed E-state index contributed by atoms with van der Waals surface area (Å²) < 4.78 is 0. The molecule has 0 atom stereocenters. The molecular weight excluding hydrogens is 290 g/mol. The first-order chi connectivity index (χ1) is 11.2. The Balaban J connectivity index is 1.82. The molecule has 1 heterocycles. The normalized spacial score (nSPS) is 13.4. The Hall–Kier alpha value is -2.69. The molecule has 0 bridgehead atoms. The number of nitrogens with one attached hydrogen (secondary N) is 1. The second-order valence-electron chi connectivity index (χ2n) is 5.59. The van der Waals surface area contributed by atoms with E-state index in [-0.39, 0.29) is 17.9 Å². The van der Waals surface area contributed by atoms with Crippen molar-refractivity contribution in [3.63, 3.8) is 0 Å². The molecule has 23 heavy (non-hydrogen) atoms. The number of amides is 2. The number of hydrogen-bond acceptors (Lipinski definition) is 3. The van der Waals surface area contributed by atoms with Gasteiger partial charge in [0.05, 0.1) is 11.1 Å². The fourth-order valence-corrected chi connectivity index (χ4v) is 2.38. The van der Waals surface area contributed by atoms with Crippen LogP contribution >= 0.6 is 0 Å². The number of rotatable bonds is 5. The molecule has 1 aliphatic carbocycles. The predicted octanol–water partition coefficient (Wildman–Crippen LogP) is 2.64. The molecule has 1 saturated carbocycles. The minimum atomic E-state index is -0.169. The number of anilines is 1. The molecule has 1 aromatic heterocycles. The molecule has 0 aliphatic heterocycles. The highest BCUT2D eigenvalue weighted by Gasteiger charge is 2.24. The van der Waals surface area contributed by atoms with E-state index in [0.29, 0.717) is 17.7 Å². The molecule has 5 heteroatoms. The summed E-state index contributed by atoms with van der Waals surface area (Å²) in [4.78, 5) is 30.6. The molecule has 0 saturated heterocycles. The monoisotopic (exact) mass is 309 g/mol. The molecule has 2 amide bonds. The lowest BCUT2D eigenvalue weighted by Gasteiger charge is -2.21. The van der Waals surface area contributed by atoms with Crippen LogP contribution in [0.4, 0.5) is 5.69 Å². The molecule has 1 N–H and O–H groups in total. The van der Waals surface area contributed by atoms with Crippen LogP contribution in [0.3, 0.4) is 0 Å². The van der Waals surface area contributed by atoms with Gasteiger partial charge < -0.3 is 10.2 Å². The van der Waals surface area contributed by atoms with Gasteiger partial charge in [-0.25, -0.2) is 0 Å². The van der Waals surface area contributed by atoms with Crippen LogP contribution in [0.25, 0.3) is 0 Å². The molecule has 0 unspecified atom stereocenters. The van der Waals surface area contributed by atoms with Gasteiger partial charge in [0.1, 0.15) is 0 Å². The summed E-state index contributed by atoms with van der Waals surface area (Å²) in [5.41, 5.74) is 1.67. The van der Waals surface area contributed by atoms with E-state index in [0.717, 1.165) is 18.5 Å². The lowest BCUT2D eigenvalue weighted by Crippen LogP contribution is -2.31. The maximum Gasteiger partial charge on any atom is 0.259 e. The van der Waals surface area contributed by atoms with Crippen molar-refractivity contribution in [2.24, 2.45) is 0 Å². The maximum atomic E-state index is 12.7. The third kappa shape index (κ3) is 3.56. The summed E-state index contributed by atoms with van der Waals surface area (Å²) >= 11 is 0. The second-order valence-corrected chi connectivity index (χ2v) is 5.59. The largest absolute Gasteiger partial charge is 0.349 e. The van der Waals surface area contributed by atoms with Crippen LogP contribution in [-0.4, -0.2) is 29.4 Å². The summed E-state index contributed by atoms with van der Waals surface area (Å²) in [6.45, 7) is 2.46. The molecule has 3 rings (SSSR count). The van der Waals surface area contributed by atoms with Crippen LogP contribution in [0, 0.1) is 0 Å². The first-order valence-electron chi connectivity index (χ1n) is 7.82. The molecular formula is C18H19N3O2. The Kier molecular flexibility index (Phi) is 4.37. The molecule has 1 fully saturated rings. The molecule has 2 aromatic rings. The second kappa shape index (κ2) is 6.60. The lowest BCUT2D eigenvalue weighted by atomic mass is 10.1. The van der Waals surface area contributed by atoms with E-state index in [1.54, 1.807) is 11.0 Å². The van der Waals surface area contributed by atoms with Gasteiger partial charge in [-0.1, -0.05) is 18.2 Å². The van der Waals surface area contributed by atoms with Gasteiger partial charge in [0, 0.05) is 30.7 Å². The first-order valence-corrected chi connectivity index (χ1v) is 7.82. The molecule has 118 valence electrons. The fourth-order valence-electron chi connectivity index (χ4n) is 2.38. The van der Waals surface area contributed by atoms with E-state index in [2.05, 4.69) is 10.3 Å². The van der Waals surface area contributed by atoms with Crippen LogP contribution in [0.15, 0.2) is 48.8 Å². The van der Waals surface area contributed by atoms with Crippen LogP contribution < -0.4 is 10.2 Å². The van der Waals surface area contributed by atoms with Gasteiger partial charge in [0.2, 0.25) is 0 Å². The van der Waals surface area contributed by atoms with Gasteiger partial charge in [-0.05, 0) is 38.0 Å². The van der Waals surface area contributed by atoms with Gasteiger partial charge in [0.25, 0.3) is 11.8 Å². The number of hydrogen-bond donors (Lipinski definition) is 1. The highest BCUT2D eigenvalue weighted by molar-refractivity contribution is 6.07. The van der Waals surface area contributed by atoms with Gasteiger partial charge >= 0.3 is 0 Å². The smallest absolute Gasteiger partial charge is 0.259 e. The molecule has 1 aromatic carbocycles. The van der Waals surface area contributed by atoms with Gasteiger partial charge in [-0.15, -0.1) is 0 Å². The SMILES string of the molecule is CCN(C(=O)c1cncc(C(=O)NC2CC2)c1)c1ccccc1. The zero-order valence-corrected chi connectivity index (χ0v) is 13.0. The molecule has 5 nitrogen and oxygen atoms in total. The number of carbonyl (C=O) groups excluding carboxylic acids is 2. The van der Waals surface area contributed by atoms with Crippen molar-refractivity contribution in [3.05, 3.63) is 59.9 Å². The summed E-state index contributed by atoms with van der Waals surface area (Å²) in [6.07, 6.45) is 5.04. The maximum absolute atomic E-state index is 12.7. The number of para-hydroxylation sites is 1. The van der Waals surface area contributed by atoms with Crippen LogP contribution in [0.5, 0.6) is 0 Å². The number of nitrogens with zero attached hydrogens (tertiary/aromatic N) is 2. The summed E-state index contributed by atoms with van der Waals surface area (Å²) in [7, 11) is 0. The van der Waals surface area contributed by atoms with Crippen molar-refractivity contribution < 1.29 is 9.59 Å². The van der Waals surface area contributed by atoms with Gasteiger partial charge in [0.15, 0.2) is 0 Å². The Labute approximate surface area is 135 Å². The van der Waals surface area contributed by atoms with Crippen LogP contribution in [0.2, 0.25) is 0 Å². The number of carbonyl (C=O) groups is 2. The van der Waals surface area contributed by atoms with Gasteiger partial charge in [-0.2, -0.15) is 0 Å². The first kappa shape index (κ1) is 15.2. The number of benzene rings is 1. The number of aromatic nitrogens is 1. The Morgan fingerprint density at radius 3 is 2.52 bits per heavy atom. The zero-order chi connectivity index (χ0) is 16.2. The summed E-state index contributed by atoms with van der Waals surface area (Å²) in [5.74, 6) is -0.329. The topological polar surface area (TPSA) is 62.3 Å². The standard InChI is InChI=1S/C18H19N3O2/c1-2-21(16-6-4-3-5-7-16)18(23)14-10-13(11-19-12-14)17(22)20-15-8-9-15/h3-7,10-12,15H,2,8-9H2,1H3,(H,20,22). The third-order valence-electron chi connectivity index (χ3n) is 3.79. The van der Waals surface area contributed by atoms with E-state index in [4.69, 9.17) is 0 Å². The minimum absolute atomic E-state index is 0.160. The van der Waals surface area contributed by atoms with E-state index in [9.17, 15) is 9.59 Å². The third-order valence-corrected chi connectivity index (χ3v) is 3.79. The van der Waals surface area contributed by atoms with E-state index in [1.807, 2.05) is 37.3 Å². The Morgan fingerprint density at radius 2 is 1.87 bits per heavy atom. The molecule has 0 radical (unpaired) electrons. The highest BCUT2D eigenvalue weighted by atomic mass is 16.2. The highest BCUT2D eigenvalue weighted by Crippen LogP contribution is 2.20. The average Bonchev–Trinajstić information content (AvgIpc) is 3.40. The minimum Gasteiger partial charge on any atom is -0.349 e. The van der Waals surface area contributed by atoms with Crippen LogP contribution in [0.1, 0.15) is 40.5 Å². The van der Waals surface area contributed by atoms with E-state index >= 15 is 0 Å². The predicted molar refractivity (Wildman–Crippen MR) is 88.5 cm³/mol. The van der Waals surface area contributed by atoms with Crippen molar-refractivity contribution in [1.82, 2.24) is 10.3 Å². The van der Waals surface area contributed by atoms with E-state index < -0.39 is 0 Å². The summed E-state index contributed by atoms with van der Waals surface area (Å²) in [5, 5.41) is 2.91. The van der Waals surface area contributed by atoms with Crippen LogP contribution in [-0.2, 0) is 0 Å². The zero-order valence-electron chi connectivity index (χ0n) is 13.0. The molecule has 0 spiro atoms. The van der Waals surface area contributed by atoms with Crippen molar-refractivity contribution >= 4 is 17.5 Å². The molecule has 1 aliphatic rings. The summed E-state index contributed by atoms with van der Waals surface area (Å²) in [6, 6.07) is 11.4. The van der Waals surface area contributed by atoms with E-state index in [1.165, 1.54) is 12.4 Å².